The molecule has 2 saturated heterocycles. The Balaban J connectivity index is 1.63. The van der Waals surface area contributed by atoms with Gasteiger partial charge in [0.15, 0.2) is 0 Å². The number of aromatic nitrogens is 2. The molecule has 1 unspecified atom stereocenters. The fourth-order valence-electron chi connectivity index (χ4n) is 4.12. The maximum Gasteiger partial charge on any atom is 0.226 e. The van der Waals surface area contributed by atoms with E-state index in [-0.39, 0.29) is 5.92 Å². The molecule has 0 spiro atoms. The molecule has 3 heterocycles. The summed E-state index contributed by atoms with van der Waals surface area (Å²) in [6.45, 7) is 15.2. The minimum absolute atomic E-state index is 0.127. The van der Waals surface area contributed by atoms with Gasteiger partial charge >= 0.3 is 0 Å². The number of aryl methyl sites for hydroxylation is 1. The van der Waals surface area contributed by atoms with Gasteiger partial charge in [0.25, 0.3) is 0 Å². The third kappa shape index (κ3) is 4.42. The van der Waals surface area contributed by atoms with Crippen LogP contribution in [0.5, 0.6) is 0 Å². The lowest BCUT2D eigenvalue weighted by molar-refractivity contribution is -0.140. The van der Waals surface area contributed by atoms with Crippen molar-refractivity contribution in [3.05, 3.63) is 17.6 Å². The van der Waals surface area contributed by atoms with Crippen molar-refractivity contribution in [2.45, 2.75) is 59.4 Å². The molecule has 2 fully saturated rings. The summed E-state index contributed by atoms with van der Waals surface area (Å²) in [5.41, 5.74) is 1.03. The van der Waals surface area contributed by atoms with Crippen LogP contribution in [0.2, 0.25) is 0 Å². The summed E-state index contributed by atoms with van der Waals surface area (Å²) >= 11 is 0. The van der Waals surface area contributed by atoms with Crippen LogP contribution in [0.4, 0.5) is 5.82 Å². The lowest BCUT2D eigenvalue weighted by atomic mass is 9.87. The van der Waals surface area contributed by atoms with Crippen molar-refractivity contribution in [2.75, 3.05) is 37.6 Å². The van der Waals surface area contributed by atoms with Gasteiger partial charge in [0, 0.05) is 49.3 Å². The predicted octanol–water partition coefficient (Wildman–Crippen LogP) is 2.58. The van der Waals surface area contributed by atoms with Crippen LogP contribution in [0.15, 0.2) is 6.07 Å². The van der Waals surface area contributed by atoms with Crippen molar-refractivity contribution in [3.8, 4) is 0 Å². The van der Waals surface area contributed by atoms with Crippen LogP contribution in [0.25, 0.3) is 0 Å². The average Bonchev–Trinajstić information content (AvgIpc) is 2.60. The molecule has 2 aliphatic rings. The van der Waals surface area contributed by atoms with E-state index in [1.54, 1.807) is 0 Å². The number of hydrogen-bond acceptors (Lipinski definition) is 5. The van der Waals surface area contributed by atoms with Gasteiger partial charge in [-0.1, -0.05) is 20.8 Å². The maximum atomic E-state index is 13.0. The molecule has 1 aromatic rings. The Labute approximate surface area is 163 Å². The minimum atomic E-state index is 0.127. The quantitative estimate of drug-likeness (QED) is 0.830. The molecule has 0 saturated carbocycles. The summed E-state index contributed by atoms with van der Waals surface area (Å²) in [5.74, 6) is 3.25. The molecule has 27 heavy (non-hydrogen) atoms. The lowest BCUT2D eigenvalue weighted by Gasteiger charge is -2.41. The molecule has 6 nitrogen and oxygen atoms in total. The molecule has 0 aliphatic carbocycles. The molecule has 1 atom stereocenters. The van der Waals surface area contributed by atoms with E-state index in [0.717, 1.165) is 62.9 Å². The Morgan fingerprint density at radius 1 is 1.26 bits per heavy atom. The summed E-state index contributed by atoms with van der Waals surface area (Å²) in [6.07, 6.45) is 2.02. The van der Waals surface area contributed by atoms with Crippen LogP contribution in [0, 0.1) is 18.8 Å². The Kier molecular flexibility index (Phi) is 6.35. The molecule has 6 heteroatoms. The van der Waals surface area contributed by atoms with Gasteiger partial charge < -0.3 is 15.1 Å². The van der Waals surface area contributed by atoms with Gasteiger partial charge in [0.2, 0.25) is 5.91 Å². The first-order chi connectivity index (χ1) is 12.9. The first-order valence-corrected chi connectivity index (χ1v) is 10.5. The largest absolute Gasteiger partial charge is 0.356 e. The van der Waals surface area contributed by atoms with Crippen molar-refractivity contribution < 1.29 is 4.79 Å². The van der Waals surface area contributed by atoms with Crippen LogP contribution < -0.4 is 10.2 Å². The summed E-state index contributed by atoms with van der Waals surface area (Å²) in [4.78, 5) is 26.8. The van der Waals surface area contributed by atoms with Gasteiger partial charge in [-0.3, -0.25) is 4.79 Å². The number of amides is 1. The van der Waals surface area contributed by atoms with E-state index in [0.29, 0.717) is 23.8 Å². The number of piperidine rings is 1. The molecule has 2 aliphatic heterocycles. The SMILES string of the molecule is CCN(C(=O)C(C)C1CNC1)C1CCN(c2cc(C)nc(C(C)C)n2)CC1. The van der Waals surface area contributed by atoms with E-state index < -0.39 is 0 Å². The highest BCUT2D eigenvalue weighted by molar-refractivity contribution is 5.79. The van der Waals surface area contributed by atoms with Gasteiger partial charge in [-0.25, -0.2) is 9.97 Å². The van der Waals surface area contributed by atoms with Crippen LogP contribution in [-0.2, 0) is 4.79 Å². The molecule has 150 valence electrons. The molecule has 0 bridgehead atoms. The Morgan fingerprint density at radius 3 is 2.44 bits per heavy atom. The Bertz CT molecular complexity index is 650. The molecular formula is C21H35N5O. The second kappa shape index (κ2) is 8.55. The zero-order chi connectivity index (χ0) is 19.6. The van der Waals surface area contributed by atoms with Gasteiger partial charge in [-0.05, 0) is 45.7 Å². The van der Waals surface area contributed by atoms with E-state index in [9.17, 15) is 4.79 Å². The third-order valence-electron chi connectivity index (χ3n) is 6.14. The number of hydrogen-bond donors (Lipinski definition) is 1. The predicted molar refractivity (Wildman–Crippen MR) is 109 cm³/mol. The standard InChI is InChI=1S/C21H35N5O/c1-6-26(21(27)16(5)17-12-22-13-17)18-7-9-25(10-8-18)19-11-15(4)23-20(24-19)14(2)3/h11,14,16-18,22H,6-10,12-13H2,1-5H3. The fraction of sp³-hybridized carbons (Fsp3) is 0.762. The van der Waals surface area contributed by atoms with Gasteiger partial charge in [0.05, 0.1) is 0 Å². The summed E-state index contributed by atoms with van der Waals surface area (Å²) in [7, 11) is 0. The molecule has 3 rings (SSSR count). The maximum absolute atomic E-state index is 13.0. The van der Waals surface area contributed by atoms with Gasteiger partial charge in [0.1, 0.15) is 11.6 Å². The molecule has 1 N–H and O–H groups in total. The summed E-state index contributed by atoms with van der Waals surface area (Å²) < 4.78 is 0. The monoisotopic (exact) mass is 373 g/mol. The normalized spacial score (nSPS) is 19.9. The van der Waals surface area contributed by atoms with Crippen molar-refractivity contribution >= 4 is 11.7 Å². The van der Waals surface area contributed by atoms with Crippen molar-refractivity contribution in [3.63, 3.8) is 0 Å². The highest BCUT2D eigenvalue weighted by Crippen LogP contribution is 2.26. The first-order valence-electron chi connectivity index (χ1n) is 10.5. The van der Waals surface area contributed by atoms with Crippen molar-refractivity contribution in [1.82, 2.24) is 20.2 Å². The first kappa shape index (κ1) is 20.1. The minimum Gasteiger partial charge on any atom is -0.356 e. The van der Waals surface area contributed by atoms with E-state index in [1.807, 2.05) is 6.92 Å². The number of anilines is 1. The zero-order valence-corrected chi connectivity index (χ0v) is 17.5. The highest BCUT2D eigenvalue weighted by atomic mass is 16.2. The lowest BCUT2D eigenvalue weighted by Crippen LogP contribution is -2.54. The van der Waals surface area contributed by atoms with Gasteiger partial charge in [-0.15, -0.1) is 0 Å². The Hall–Kier alpha value is -1.69. The average molecular weight is 374 g/mol. The van der Waals surface area contributed by atoms with E-state index in [2.05, 4.69) is 53.9 Å². The second-order valence-electron chi connectivity index (χ2n) is 8.43. The summed E-state index contributed by atoms with van der Waals surface area (Å²) in [5, 5.41) is 3.28. The third-order valence-corrected chi connectivity index (χ3v) is 6.14. The number of nitrogens with zero attached hydrogens (tertiary/aromatic N) is 4. The van der Waals surface area contributed by atoms with Crippen LogP contribution in [0.3, 0.4) is 0 Å². The van der Waals surface area contributed by atoms with Crippen LogP contribution >= 0.6 is 0 Å². The summed E-state index contributed by atoms with van der Waals surface area (Å²) in [6, 6.07) is 2.43. The number of carbonyl (C=O) groups excluding carboxylic acids is 1. The highest BCUT2D eigenvalue weighted by Gasteiger charge is 2.35. The second-order valence-corrected chi connectivity index (χ2v) is 8.43. The molecular weight excluding hydrogens is 338 g/mol. The van der Waals surface area contributed by atoms with Crippen molar-refractivity contribution in [2.24, 2.45) is 11.8 Å². The molecule has 1 amide bonds. The molecule has 1 aromatic heterocycles. The number of rotatable bonds is 6. The smallest absolute Gasteiger partial charge is 0.226 e. The zero-order valence-electron chi connectivity index (χ0n) is 17.5. The van der Waals surface area contributed by atoms with Crippen LogP contribution in [0.1, 0.15) is 58.0 Å². The van der Waals surface area contributed by atoms with E-state index in [1.165, 1.54) is 0 Å². The Morgan fingerprint density at radius 2 is 1.93 bits per heavy atom. The fourth-order valence-corrected chi connectivity index (χ4v) is 4.12. The number of carbonyl (C=O) groups is 1. The number of nitrogens with one attached hydrogen (secondary N) is 1. The molecule has 0 radical (unpaired) electrons. The topological polar surface area (TPSA) is 61.4 Å². The van der Waals surface area contributed by atoms with Crippen molar-refractivity contribution in [1.29, 1.82) is 0 Å². The van der Waals surface area contributed by atoms with Crippen LogP contribution in [-0.4, -0.2) is 59.5 Å². The van der Waals surface area contributed by atoms with Gasteiger partial charge in [-0.2, -0.15) is 0 Å². The van der Waals surface area contributed by atoms with E-state index in [4.69, 9.17) is 4.98 Å². The molecule has 0 aromatic carbocycles. The van der Waals surface area contributed by atoms with E-state index >= 15 is 0 Å².